The van der Waals surface area contributed by atoms with Crippen molar-refractivity contribution in [1.29, 1.82) is 0 Å². The zero-order valence-electron chi connectivity index (χ0n) is 9.49. The Hall–Kier alpha value is -1.07. The monoisotopic (exact) mass is 377 g/mol. The van der Waals surface area contributed by atoms with Gasteiger partial charge in [0.2, 0.25) is 15.8 Å². The van der Waals surface area contributed by atoms with Crippen LogP contribution in [0.1, 0.15) is 23.4 Å². The molecule has 1 aromatic heterocycles. The van der Waals surface area contributed by atoms with Crippen molar-refractivity contribution < 1.29 is 35.9 Å². The summed E-state index contributed by atoms with van der Waals surface area (Å²) in [5.41, 5.74) is -2.48. The van der Waals surface area contributed by atoms with Crippen LogP contribution in [0.3, 0.4) is 0 Å². The van der Waals surface area contributed by atoms with E-state index in [-0.39, 0.29) is 12.8 Å². The van der Waals surface area contributed by atoms with Crippen LogP contribution in [0.5, 0.6) is 0 Å². The lowest BCUT2D eigenvalue weighted by Gasteiger charge is -2.20. The third-order valence-corrected chi connectivity index (χ3v) is 5.17. The summed E-state index contributed by atoms with van der Waals surface area (Å²) in [4.78, 5) is 9.95. The first-order valence-electron chi connectivity index (χ1n) is 5.12. The molecule has 1 aromatic rings. The van der Waals surface area contributed by atoms with Crippen molar-refractivity contribution in [1.82, 2.24) is 4.72 Å². The number of furan rings is 1. The van der Waals surface area contributed by atoms with Crippen LogP contribution in [0.15, 0.2) is 20.0 Å². The largest absolute Gasteiger partial charge is 0.475 e. The third-order valence-electron chi connectivity index (χ3n) is 2.78. The second-order valence-corrected chi connectivity index (χ2v) is 6.61. The molecule has 0 aliphatic heterocycles. The standard InChI is InChI=1S/C9H7BrF3NO5S/c10-6-5(3-4(19-6)7(15)16)20(17,18)14-8(1-2-8)9(11,12)13/h3,14H,1-2H2,(H,15,16). The van der Waals surface area contributed by atoms with E-state index in [0.717, 1.165) is 0 Å². The topological polar surface area (TPSA) is 96.6 Å². The summed E-state index contributed by atoms with van der Waals surface area (Å²) >= 11 is 2.67. The van der Waals surface area contributed by atoms with E-state index in [1.807, 2.05) is 0 Å². The van der Waals surface area contributed by atoms with Crippen LogP contribution < -0.4 is 4.72 Å². The normalized spacial score (nSPS) is 18.0. The van der Waals surface area contributed by atoms with Crippen LogP contribution in [0.2, 0.25) is 0 Å². The van der Waals surface area contributed by atoms with Crippen LogP contribution in [-0.4, -0.2) is 31.2 Å². The maximum Gasteiger partial charge on any atom is 0.407 e. The average Bonchev–Trinajstić information content (AvgIpc) is 2.91. The van der Waals surface area contributed by atoms with Crippen LogP contribution in [0.25, 0.3) is 0 Å². The quantitative estimate of drug-likeness (QED) is 0.837. The summed E-state index contributed by atoms with van der Waals surface area (Å²) in [5.74, 6) is -2.24. The summed E-state index contributed by atoms with van der Waals surface area (Å²) in [6.45, 7) is 0. The lowest BCUT2D eigenvalue weighted by atomic mass is 10.3. The number of hydrogen-bond acceptors (Lipinski definition) is 4. The summed E-state index contributed by atoms with van der Waals surface area (Å²) in [6, 6.07) is 0.640. The number of sulfonamides is 1. The van der Waals surface area contributed by atoms with Gasteiger partial charge in [0, 0.05) is 6.07 Å². The Bertz CT molecular complexity index is 662. The number of carbonyl (C=O) groups is 1. The molecule has 0 unspecified atom stereocenters. The molecule has 1 fully saturated rings. The van der Waals surface area contributed by atoms with E-state index in [1.54, 1.807) is 4.72 Å². The van der Waals surface area contributed by atoms with Crippen molar-refractivity contribution in [3.05, 3.63) is 16.5 Å². The number of halogens is 4. The van der Waals surface area contributed by atoms with Gasteiger partial charge in [0.15, 0.2) is 4.67 Å². The zero-order chi connectivity index (χ0) is 15.3. The molecule has 2 rings (SSSR count). The maximum absolute atomic E-state index is 12.7. The summed E-state index contributed by atoms with van der Waals surface area (Å²) in [5, 5.41) is 8.65. The first-order valence-corrected chi connectivity index (χ1v) is 7.39. The van der Waals surface area contributed by atoms with Crippen LogP contribution in [-0.2, 0) is 10.0 Å². The van der Waals surface area contributed by atoms with E-state index in [0.29, 0.717) is 6.07 Å². The van der Waals surface area contributed by atoms with Crippen molar-refractivity contribution in [2.75, 3.05) is 0 Å². The summed E-state index contributed by atoms with van der Waals surface area (Å²) < 4.78 is 67.6. The highest BCUT2D eigenvalue weighted by Gasteiger charge is 2.65. The highest BCUT2D eigenvalue weighted by molar-refractivity contribution is 9.10. The van der Waals surface area contributed by atoms with Gasteiger partial charge < -0.3 is 9.52 Å². The molecule has 0 bridgehead atoms. The predicted molar refractivity (Wildman–Crippen MR) is 61.7 cm³/mol. The molecule has 1 heterocycles. The Labute approximate surface area is 119 Å². The van der Waals surface area contributed by atoms with Crippen molar-refractivity contribution in [2.24, 2.45) is 0 Å². The number of aromatic carboxylic acids is 1. The van der Waals surface area contributed by atoms with Gasteiger partial charge in [-0.2, -0.15) is 17.9 Å². The van der Waals surface area contributed by atoms with Crippen molar-refractivity contribution >= 4 is 31.9 Å². The molecule has 0 spiro atoms. The number of nitrogens with one attached hydrogen (secondary N) is 1. The van der Waals surface area contributed by atoms with E-state index in [9.17, 15) is 26.4 Å². The Morgan fingerprint density at radius 3 is 2.35 bits per heavy atom. The first-order chi connectivity index (χ1) is 8.98. The molecule has 1 aliphatic carbocycles. The van der Waals surface area contributed by atoms with E-state index < -0.39 is 43.0 Å². The molecule has 0 amide bonds. The molecule has 1 saturated carbocycles. The van der Waals surface area contributed by atoms with Gasteiger partial charge in [-0.3, -0.25) is 0 Å². The lowest BCUT2D eigenvalue weighted by Crippen LogP contribution is -2.47. The fraction of sp³-hybridized carbons (Fsp3) is 0.444. The van der Waals surface area contributed by atoms with Crippen LogP contribution in [0, 0.1) is 0 Å². The van der Waals surface area contributed by atoms with Gasteiger partial charge in [0.05, 0.1) is 0 Å². The molecule has 11 heteroatoms. The molecular weight excluding hydrogens is 371 g/mol. The molecule has 0 radical (unpaired) electrons. The minimum Gasteiger partial charge on any atom is -0.475 e. The Morgan fingerprint density at radius 1 is 1.45 bits per heavy atom. The minimum atomic E-state index is -4.72. The Kier molecular flexibility index (Phi) is 3.42. The fourth-order valence-corrected chi connectivity index (χ4v) is 3.91. The van der Waals surface area contributed by atoms with Gasteiger partial charge in [-0.15, -0.1) is 0 Å². The van der Waals surface area contributed by atoms with Crippen LogP contribution in [0.4, 0.5) is 13.2 Å². The zero-order valence-corrected chi connectivity index (χ0v) is 11.9. The second kappa shape index (κ2) is 4.46. The molecular formula is C9H7BrF3NO5S. The summed E-state index contributed by atoms with van der Waals surface area (Å²) in [7, 11) is -4.56. The van der Waals surface area contributed by atoms with Gasteiger partial charge in [0.1, 0.15) is 10.4 Å². The lowest BCUT2D eigenvalue weighted by molar-refractivity contribution is -0.160. The molecule has 20 heavy (non-hydrogen) atoms. The number of hydrogen-bond donors (Lipinski definition) is 2. The van der Waals surface area contributed by atoms with Gasteiger partial charge >= 0.3 is 12.1 Å². The van der Waals surface area contributed by atoms with Crippen molar-refractivity contribution in [3.8, 4) is 0 Å². The van der Waals surface area contributed by atoms with Gasteiger partial charge in [0.25, 0.3) is 0 Å². The Morgan fingerprint density at radius 2 is 2.00 bits per heavy atom. The highest BCUT2D eigenvalue weighted by atomic mass is 79.9. The molecule has 1 aliphatic rings. The molecule has 0 atom stereocenters. The number of carboxylic acids is 1. The number of alkyl halides is 3. The smallest absolute Gasteiger partial charge is 0.407 e. The number of carboxylic acid groups (broad SMARTS) is 1. The van der Waals surface area contributed by atoms with Gasteiger partial charge in [-0.25, -0.2) is 13.2 Å². The molecule has 2 N–H and O–H groups in total. The molecule has 0 saturated heterocycles. The van der Waals surface area contributed by atoms with Crippen LogP contribution >= 0.6 is 15.9 Å². The number of rotatable bonds is 4. The van der Waals surface area contributed by atoms with E-state index in [1.165, 1.54) is 0 Å². The van der Waals surface area contributed by atoms with E-state index >= 15 is 0 Å². The minimum absolute atomic E-state index is 0.364. The SMILES string of the molecule is O=C(O)c1cc(S(=O)(=O)NC2(C(F)(F)F)CC2)c(Br)o1. The molecule has 112 valence electrons. The van der Waals surface area contributed by atoms with Crippen molar-refractivity contribution in [3.63, 3.8) is 0 Å². The predicted octanol–water partition coefficient (Wildman–Crippen LogP) is 2.11. The molecule has 6 nitrogen and oxygen atoms in total. The summed E-state index contributed by atoms with van der Waals surface area (Å²) in [6.07, 6.45) is -5.44. The maximum atomic E-state index is 12.7. The highest BCUT2D eigenvalue weighted by Crippen LogP contribution is 2.50. The first kappa shape index (κ1) is 15.3. The van der Waals surface area contributed by atoms with Crippen molar-refractivity contribution in [2.45, 2.75) is 29.5 Å². The third kappa shape index (κ3) is 2.56. The molecule has 0 aromatic carbocycles. The Balaban J connectivity index is 2.35. The fourth-order valence-electron chi connectivity index (χ4n) is 1.52. The average molecular weight is 378 g/mol. The van der Waals surface area contributed by atoms with E-state index in [4.69, 9.17) is 5.11 Å². The second-order valence-electron chi connectivity index (χ2n) is 4.24. The van der Waals surface area contributed by atoms with Gasteiger partial charge in [-0.1, -0.05) is 0 Å². The van der Waals surface area contributed by atoms with E-state index in [2.05, 4.69) is 20.3 Å². The van der Waals surface area contributed by atoms with Gasteiger partial charge in [-0.05, 0) is 28.8 Å².